The first-order valence-electron chi connectivity index (χ1n) is 7.58. The van der Waals surface area contributed by atoms with Gasteiger partial charge in [-0.15, -0.1) is 0 Å². The van der Waals surface area contributed by atoms with Gasteiger partial charge >= 0.3 is 0 Å². The number of nitrogens with one attached hydrogen (secondary N) is 1. The zero-order valence-corrected chi connectivity index (χ0v) is 11.6. The van der Waals surface area contributed by atoms with E-state index in [1.807, 2.05) is 6.07 Å². The van der Waals surface area contributed by atoms with E-state index in [1.165, 1.54) is 44.1 Å². The Balaban J connectivity index is 1.78. The molecule has 102 valence electrons. The summed E-state index contributed by atoms with van der Waals surface area (Å²) in [5.74, 6) is 0. The molecule has 0 spiro atoms. The van der Waals surface area contributed by atoms with Crippen molar-refractivity contribution < 1.29 is 0 Å². The van der Waals surface area contributed by atoms with Crippen LogP contribution in [0.5, 0.6) is 0 Å². The highest BCUT2D eigenvalue weighted by Gasteiger charge is 2.16. The quantitative estimate of drug-likeness (QED) is 0.813. The summed E-state index contributed by atoms with van der Waals surface area (Å²) < 4.78 is 0. The van der Waals surface area contributed by atoms with Gasteiger partial charge in [-0.05, 0) is 31.2 Å². The number of hydrogen-bond donors (Lipinski definition) is 1. The SMILES string of the molecule is N#CC(CCc1ccccc1)NC1CCCCCC1. The van der Waals surface area contributed by atoms with Gasteiger partial charge in [-0.25, -0.2) is 0 Å². The number of nitriles is 1. The van der Waals surface area contributed by atoms with Crippen LogP contribution in [0.3, 0.4) is 0 Å². The highest BCUT2D eigenvalue weighted by Crippen LogP contribution is 2.18. The lowest BCUT2D eigenvalue weighted by Gasteiger charge is -2.20. The van der Waals surface area contributed by atoms with Crippen LogP contribution in [0.4, 0.5) is 0 Å². The third-order valence-electron chi connectivity index (χ3n) is 4.01. The van der Waals surface area contributed by atoms with E-state index < -0.39 is 0 Å². The number of aryl methyl sites for hydroxylation is 1. The lowest BCUT2D eigenvalue weighted by atomic mass is 10.0. The molecule has 1 unspecified atom stereocenters. The topological polar surface area (TPSA) is 35.8 Å². The van der Waals surface area contributed by atoms with Crippen molar-refractivity contribution in [2.45, 2.75) is 63.5 Å². The zero-order chi connectivity index (χ0) is 13.3. The summed E-state index contributed by atoms with van der Waals surface area (Å²) in [5.41, 5.74) is 1.32. The Morgan fingerprint density at radius 2 is 1.79 bits per heavy atom. The fourth-order valence-electron chi connectivity index (χ4n) is 2.87. The third kappa shape index (κ3) is 5.04. The van der Waals surface area contributed by atoms with Gasteiger partial charge in [0.2, 0.25) is 0 Å². The third-order valence-corrected chi connectivity index (χ3v) is 4.01. The standard InChI is InChI=1S/C17H24N2/c18-14-17(13-12-15-8-4-3-5-9-15)19-16-10-6-1-2-7-11-16/h3-5,8-9,16-17,19H,1-2,6-7,10-13H2. The summed E-state index contributed by atoms with van der Waals surface area (Å²) in [7, 11) is 0. The molecule has 19 heavy (non-hydrogen) atoms. The molecule has 0 aromatic heterocycles. The monoisotopic (exact) mass is 256 g/mol. The van der Waals surface area contributed by atoms with E-state index in [-0.39, 0.29) is 6.04 Å². The molecule has 2 heteroatoms. The molecule has 1 N–H and O–H groups in total. The Morgan fingerprint density at radius 1 is 1.11 bits per heavy atom. The maximum Gasteiger partial charge on any atom is 0.0958 e. The Labute approximate surface area is 116 Å². The van der Waals surface area contributed by atoms with E-state index in [9.17, 15) is 5.26 Å². The fourth-order valence-corrected chi connectivity index (χ4v) is 2.87. The van der Waals surface area contributed by atoms with Crippen LogP contribution in [0.1, 0.15) is 50.5 Å². The van der Waals surface area contributed by atoms with E-state index in [1.54, 1.807) is 0 Å². The fraction of sp³-hybridized carbons (Fsp3) is 0.588. The van der Waals surface area contributed by atoms with Crippen LogP contribution in [-0.4, -0.2) is 12.1 Å². The normalized spacial score (nSPS) is 18.5. The minimum absolute atomic E-state index is 0.00306. The molecule has 0 heterocycles. The van der Waals surface area contributed by atoms with Gasteiger partial charge in [-0.2, -0.15) is 5.26 Å². The summed E-state index contributed by atoms with van der Waals surface area (Å²) in [6.45, 7) is 0. The van der Waals surface area contributed by atoms with Gasteiger partial charge in [0.1, 0.15) is 0 Å². The highest BCUT2D eigenvalue weighted by atomic mass is 14.9. The van der Waals surface area contributed by atoms with Crippen LogP contribution in [-0.2, 0) is 6.42 Å². The second kappa shape index (κ2) is 7.96. The predicted octanol–water partition coefficient (Wildman–Crippen LogP) is 3.82. The maximum absolute atomic E-state index is 9.29. The van der Waals surface area contributed by atoms with Gasteiger partial charge in [-0.1, -0.05) is 56.0 Å². The molecule has 1 saturated carbocycles. The molecule has 0 bridgehead atoms. The molecule has 1 aliphatic carbocycles. The van der Waals surface area contributed by atoms with Crippen LogP contribution in [0, 0.1) is 11.3 Å². The Hall–Kier alpha value is -1.33. The van der Waals surface area contributed by atoms with Crippen LogP contribution < -0.4 is 5.32 Å². The van der Waals surface area contributed by atoms with Crippen molar-refractivity contribution >= 4 is 0 Å². The van der Waals surface area contributed by atoms with Crippen molar-refractivity contribution in [3.63, 3.8) is 0 Å². The molecule has 1 aromatic carbocycles. The number of benzene rings is 1. The second-order valence-corrected chi connectivity index (χ2v) is 5.56. The van der Waals surface area contributed by atoms with Crippen molar-refractivity contribution in [2.24, 2.45) is 0 Å². The molecular formula is C17H24N2. The predicted molar refractivity (Wildman–Crippen MR) is 78.8 cm³/mol. The summed E-state index contributed by atoms with van der Waals surface area (Å²) in [6.07, 6.45) is 9.73. The molecule has 0 radical (unpaired) electrons. The van der Waals surface area contributed by atoms with E-state index in [0.29, 0.717) is 6.04 Å². The number of hydrogen-bond acceptors (Lipinski definition) is 2. The summed E-state index contributed by atoms with van der Waals surface area (Å²) >= 11 is 0. The van der Waals surface area contributed by atoms with Crippen molar-refractivity contribution in [3.05, 3.63) is 35.9 Å². The smallest absolute Gasteiger partial charge is 0.0958 e. The van der Waals surface area contributed by atoms with Crippen LogP contribution in [0.15, 0.2) is 30.3 Å². The van der Waals surface area contributed by atoms with Gasteiger partial charge in [-0.3, -0.25) is 5.32 Å². The molecule has 2 rings (SSSR count). The first-order valence-corrected chi connectivity index (χ1v) is 7.58. The summed E-state index contributed by atoms with van der Waals surface area (Å²) in [4.78, 5) is 0. The van der Waals surface area contributed by atoms with Gasteiger partial charge in [0.25, 0.3) is 0 Å². The minimum atomic E-state index is 0.00306. The van der Waals surface area contributed by atoms with Crippen LogP contribution in [0.2, 0.25) is 0 Å². The van der Waals surface area contributed by atoms with Crippen molar-refractivity contribution in [2.75, 3.05) is 0 Å². The molecule has 1 aromatic rings. The largest absolute Gasteiger partial charge is 0.299 e. The van der Waals surface area contributed by atoms with E-state index in [4.69, 9.17) is 0 Å². The minimum Gasteiger partial charge on any atom is -0.299 e. The molecule has 1 aliphatic rings. The molecule has 1 fully saturated rings. The Kier molecular flexibility index (Phi) is 5.91. The van der Waals surface area contributed by atoms with Crippen molar-refractivity contribution in [1.29, 1.82) is 5.26 Å². The zero-order valence-electron chi connectivity index (χ0n) is 11.6. The highest BCUT2D eigenvalue weighted by molar-refractivity contribution is 5.15. The first kappa shape index (κ1) is 14.1. The maximum atomic E-state index is 9.29. The van der Waals surface area contributed by atoms with Crippen LogP contribution in [0.25, 0.3) is 0 Å². The van der Waals surface area contributed by atoms with E-state index in [2.05, 4.69) is 35.7 Å². The Bertz CT molecular complexity index is 385. The van der Waals surface area contributed by atoms with Crippen molar-refractivity contribution in [3.8, 4) is 6.07 Å². The van der Waals surface area contributed by atoms with Gasteiger partial charge in [0.15, 0.2) is 0 Å². The lowest BCUT2D eigenvalue weighted by Crippen LogP contribution is -2.37. The first-order chi connectivity index (χ1) is 9.38. The summed E-state index contributed by atoms with van der Waals surface area (Å²) in [6, 6.07) is 13.4. The number of nitrogens with zero attached hydrogens (tertiary/aromatic N) is 1. The van der Waals surface area contributed by atoms with E-state index >= 15 is 0 Å². The lowest BCUT2D eigenvalue weighted by molar-refractivity contribution is 0.419. The average molecular weight is 256 g/mol. The Morgan fingerprint density at radius 3 is 2.42 bits per heavy atom. The van der Waals surface area contributed by atoms with Gasteiger partial charge in [0.05, 0.1) is 12.1 Å². The van der Waals surface area contributed by atoms with Crippen molar-refractivity contribution in [1.82, 2.24) is 5.32 Å². The van der Waals surface area contributed by atoms with E-state index in [0.717, 1.165) is 12.8 Å². The van der Waals surface area contributed by atoms with Crippen LogP contribution >= 0.6 is 0 Å². The summed E-state index contributed by atoms with van der Waals surface area (Å²) in [5, 5.41) is 12.8. The van der Waals surface area contributed by atoms with Gasteiger partial charge in [0, 0.05) is 6.04 Å². The average Bonchev–Trinajstić information content (AvgIpc) is 2.73. The molecule has 0 aliphatic heterocycles. The molecule has 2 nitrogen and oxygen atoms in total. The molecule has 0 amide bonds. The van der Waals surface area contributed by atoms with Gasteiger partial charge < -0.3 is 0 Å². The second-order valence-electron chi connectivity index (χ2n) is 5.56. The number of rotatable bonds is 5. The molecule has 1 atom stereocenters. The molecule has 0 saturated heterocycles. The molecular weight excluding hydrogens is 232 g/mol.